The van der Waals surface area contributed by atoms with Crippen LogP contribution < -0.4 is 10.0 Å². The van der Waals surface area contributed by atoms with E-state index in [-0.39, 0.29) is 17.8 Å². The Labute approximate surface area is 119 Å². The molecular weight excluding hydrogens is 280 g/mol. The van der Waals surface area contributed by atoms with Crippen LogP contribution in [0.2, 0.25) is 0 Å². The zero-order valence-electron chi connectivity index (χ0n) is 12.0. The minimum atomic E-state index is -3.59. The Morgan fingerprint density at radius 2 is 1.90 bits per heavy atom. The van der Waals surface area contributed by atoms with Gasteiger partial charge in [0.15, 0.2) is 0 Å². The van der Waals surface area contributed by atoms with Crippen LogP contribution in [0.15, 0.2) is 18.2 Å². The van der Waals surface area contributed by atoms with Crippen LogP contribution in [0, 0.1) is 0 Å². The van der Waals surface area contributed by atoms with Crippen molar-refractivity contribution in [1.82, 2.24) is 0 Å². The maximum absolute atomic E-state index is 12.5. The van der Waals surface area contributed by atoms with Gasteiger partial charge in [0, 0.05) is 6.54 Å². The molecule has 0 amide bonds. The quantitative estimate of drug-likeness (QED) is 0.827. The molecule has 0 aromatic heterocycles. The van der Waals surface area contributed by atoms with Crippen molar-refractivity contribution >= 4 is 27.4 Å². The van der Waals surface area contributed by atoms with E-state index in [2.05, 4.69) is 0 Å². The van der Waals surface area contributed by atoms with Gasteiger partial charge >= 0.3 is 5.97 Å². The lowest BCUT2D eigenvalue weighted by Crippen LogP contribution is -2.43. The van der Waals surface area contributed by atoms with Crippen LogP contribution in [0.3, 0.4) is 0 Å². The molecule has 0 saturated carbocycles. The van der Waals surface area contributed by atoms with Crippen LogP contribution in [-0.4, -0.2) is 30.8 Å². The first-order valence-corrected chi connectivity index (χ1v) is 7.61. The Hall–Kier alpha value is -1.76. The summed E-state index contributed by atoms with van der Waals surface area (Å²) in [6.45, 7) is 6.73. The van der Waals surface area contributed by atoms with E-state index in [1.54, 1.807) is 27.7 Å². The van der Waals surface area contributed by atoms with Gasteiger partial charge in [-0.15, -0.1) is 0 Å². The van der Waals surface area contributed by atoms with Gasteiger partial charge in [-0.25, -0.2) is 13.2 Å². The molecule has 0 fully saturated rings. The number of nitrogen functional groups attached to an aromatic ring is 1. The highest BCUT2D eigenvalue weighted by Crippen LogP contribution is 2.31. The van der Waals surface area contributed by atoms with E-state index >= 15 is 0 Å². The predicted octanol–water partition coefficient (Wildman–Crippen LogP) is 1.92. The molecule has 0 aliphatic carbocycles. The second-order valence-corrected chi connectivity index (χ2v) is 7.98. The van der Waals surface area contributed by atoms with E-state index in [1.165, 1.54) is 22.5 Å². The fourth-order valence-electron chi connectivity index (χ4n) is 1.72. The van der Waals surface area contributed by atoms with Crippen LogP contribution in [-0.2, 0) is 10.0 Å². The van der Waals surface area contributed by atoms with Crippen molar-refractivity contribution in [2.75, 3.05) is 16.6 Å². The summed E-state index contributed by atoms with van der Waals surface area (Å²) in [5, 5.41) is 8.90. The number of nitrogens with two attached hydrogens (primary N) is 1. The third-order valence-electron chi connectivity index (χ3n) is 2.89. The number of carboxylic acid groups (broad SMARTS) is 1. The number of aromatic carboxylic acids is 1. The van der Waals surface area contributed by atoms with Gasteiger partial charge in [-0.3, -0.25) is 4.31 Å². The highest BCUT2D eigenvalue weighted by atomic mass is 32.2. The van der Waals surface area contributed by atoms with E-state index in [1.807, 2.05) is 0 Å². The van der Waals surface area contributed by atoms with Gasteiger partial charge in [0.25, 0.3) is 0 Å². The van der Waals surface area contributed by atoms with Gasteiger partial charge in [-0.1, -0.05) is 0 Å². The fourth-order valence-corrected chi connectivity index (χ4v) is 3.14. The van der Waals surface area contributed by atoms with E-state index < -0.39 is 20.7 Å². The van der Waals surface area contributed by atoms with Gasteiger partial charge in [-0.2, -0.15) is 0 Å². The van der Waals surface area contributed by atoms with Crippen molar-refractivity contribution in [3.8, 4) is 0 Å². The minimum Gasteiger partial charge on any atom is -0.478 e. The van der Waals surface area contributed by atoms with E-state index in [0.29, 0.717) is 5.69 Å². The molecule has 0 aliphatic heterocycles. The average molecular weight is 300 g/mol. The molecule has 112 valence electrons. The monoisotopic (exact) mass is 300 g/mol. The van der Waals surface area contributed by atoms with Crippen molar-refractivity contribution in [3.05, 3.63) is 23.8 Å². The summed E-state index contributed by atoms with van der Waals surface area (Å²) >= 11 is 0. The summed E-state index contributed by atoms with van der Waals surface area (Å²) in [5.74, 6) is -1.11. The summed E-state index contributed by atoms with van der Waals surface area (Å²) in [5.41, 5.74) is 6.25. The van der Waals surface area contributed by atoms with Crippen molar-refractivity contribution in [2.45, 2.75) is 32.4 Å². The van der Waals surface area contributed by atoms with Gasteiger partial charge in [-0.05, 0) is 45.9 Å². The Balaban J connectivity index is 3.38. The molecular formula is C13H20N2O4S. The lowest BCUT2D eigenvalue weighted by Gasteiger charge is -2.31. The highest BCUT2D eigenvalue weighted by molar-refractivity contribution is 7.94. The summed E-state index contributed by atoms with van der Waals surface area (Å²) in [4.78, 5) is 10.9. The van der Waals surface area contributed by atoms with Crippen LogP contribution in [0.1, 0.15) is 38.1 Å². The van der Waals surface area contributed by atoms with Gasteiger partial charge in [0.2, 0.25) is 10.0 Å². The Kier molecular flexibility index (Phi) is 4.33. The summed E-state index contributed by atoms with van der Waals surface area (Å²) in [6.07, 6.45) is 0. The molecule has 0 heterocycles. The van der Waals surface area contributed by atoms with E-state index in [9.17, 15) is 13.2 Å². The van der Waals surface area contributed by atoms with Crippen molar-refractivity contribution in [3.63, 3.8) is 0 Å². The van der Waals surface area contributed by atoms with Gasteiger partial charge < -0.3 is 10.8 Å². The van der Waals surface area contributed by atoms with Crippen LogP contribution in [0.5, 0.6) is 0 Å². The maximum Gasteiger partial charge on any atom is 0.335 e. The van der Waals surface area contributed by atoms with Crippen molar-refractivity contribution < 1.29 is 18.3 Å². The molecule has 0 atom stereocenters. The van der Waals surface area contributed by atoms with Crippen molar-refractivity contribution in [1.29, 1.82) is 0 Å². The average Bonchev–Trinajstić information content (AvgIpc) is 2.30. The number of nitrogens with zero attached hydrogens (tertiary/aromatic N) is 1. The van der Waals surface area contributed by atoms with E-state index in [0.717, 1.165) is 0 Å². The van der Waals surface area contributed by atoms with E-state index in [4.69, 9.17) is 10.8 Å². The lowest BCUT2D eigenvalue weighted by atomic mass is 10.2. The lowest BCUT2D eigenvalue weighted by molar-refractivity contribution is 0.0697. The number of anilines is 2. The molecule has 0 saturated heterocycles. The highest BCUT2D eigenvalue weighted by Gasteiger charge is 2.35. The topological polar surface area (TPSA) is 101 Å². The summed E-state index contributed by atoms with van der Waals surface area (Å²) in [7, 11) is -3.59. The Bertz CT molecular complexity index is 618. The Morgan fingerprint density at radius 1 is 1.35 bits per heavy atom. The third kappa shape index (κ3) is 2.87. The molecule has 3 N–H and O–H groups in total. The largest absolute Gasteiger partial charge is 0.478 e. The third-order valence-corrected chi connectivity index (χ3v) is 5.48. The normalized spacial score (nSPS) is 12.2. The first-order valence-electron chi connectivity index (χ1n) is 6.17. The molecule has 1 aromatic rings. The first kappa shape index (κ1) is 16.3. The predicted molar refractivity (Wildman–Crippen MR) is 79.5 cm³/mol. The molecule has 0 bridgehead atoms. The molecule has 0 radical (unpaired) electrons. The van der Waals surface area contributed by atoms with Crippen LogP contribution in [0.4, 0.5) is 11.4 Å². The standard InChI is InChI=1S/C13H20N2O4S/c1-5-15(20(18,19)13(2,3)4)11-7-6-9(12(16)17)8-10(11)14/h6-8H,5,14H2,1-4H3,(H,16,17). The molecule has 1 aromatic carbocycles. The maximum atomic E-state index is 12.5. The van der Waals surface area contributed by atoms with Crippen LogP contribution in [0.25, 0.3) is 0 Å². The van der Waals surface area contributed by atoms with Gasteiger partial charge in [0.05, 0.1) is 21.7 Å². The number of carbonyl (C=O) groups is 1. The molecule has 1 rings (SSSR count). The Morgan fingerprint density at radius 3 is 2.25 bits per heavy atom. The zero-order chi connectivity index (χ0) is 15.7. The SMILES string of the molecule is CCN(c1ccc(C(=O)O)cc1N)S(=O)(=O)C(C)(C)C. The summed E-state index contributed by atoms with van der Waals surface area (Å²) < 4.78 is 25.2. The molecule has 0 unspecified atom stereocenters. The molecule has 20 heavy (non-hydrogen) atoms. The second kappa shape index (κ2) is 5.32. The number of benzene rings is 1. The summed E-state index contributed by atoms with van der Waals surface area (Å²) in [6, 6.07) is 4.03. The molecule has 7 heteroatoms. The number of carboxylic acids is 1. The second-order valence-electron chi connectivity index (χ2n) is 5.36. The van der Waals surface area contributed by atoms with Gasteiger partial charge in [0.1, 0.15) is 0 Å². The number of hydrogen-bond donors (Lipinski definition) is 2. The molecule has 0 spiro atoms. The molecule has 6 nitrogen and oxygen atoms in total. The molecule has 0 aliphatic rings. The van der Waals surface area contributed by atoms with Crippen molar-refractivity contribution in [2.24, 2.45) is 0 Å². The minimum absolute atomic E-state index is 0.0236. The van der Waals surface area contributed by atoms with Crippen LogP contribution >= 0.6 is 0 Å². The number of hydrogen-bond acceptors (Lipinski definition) is 4. The zero-order valence-corrected chi connectivity index (χ0v) is 12.9. The number of sulfonamides is 1. The number of rotatable bonds is 4. The smallest absolute Gasteiger partial charge is 0.335 e. The first-order chi connectivity index (χ1) is 9.02. The fraction of sp³-hybridized carbons (Fsp3) is 0.462.